The van der Waals surface area contributed by atoms with Crippen molar-refractivity contribution >= 4 is 32.5 Å². The normalized spacial score (nSPS) is 11.6. The molecule has 0 fully saturated rings. The van der Waals surface area contributed by atoms with Crippen LogP contribution in [0.3, 0.4) is 0 Å². The summed E-state index contributed by atoms with van der Waals surface area (Å²) in [7, 11) is 3.97. The van der Waals surface area contributed by atoms with Crippen LogP contribution in [0.25, 0.3) is 26.3 Å². The van der Waals surface area contributed by atoms with Crippen molar-refractivity contribution in [1.82, 2.24) is 28.8 Å². The second-order valence-electron chi connectivity index (χ2n) is 10.2. The molecule has 208 valence electrons. The fourth-order valence-corrected chi connectivity index (χ4v) is 5.89. The molecule has 0 spiro atoms. The van der Waals surface area contributed by atoms with Crippen molar-refractivity contribution in [3.05, 3.63) is 117 Å². The maximum atomic E-state index is 14.1. The highest BCUT2D eigenvalue weighted by atomic mass is 32.1. The number of benzene rings is 2. The van der Waals surface area contributed by atoms with Gasteiger partial charge < -0.3 is 14.2 Å². The molecular weight excluding hydrogens is 536 g/mol. The van der Waals surface area contributed by atoms with Gasteiger partial charge in [0.2, 0.25) is 11.0 Å². The van der Waals surface area contributed by atoms with Gasteiger partial charge in [-0.1, -0.05) is 59.9 Å². The summed E-state index contributed by atoms with van der Waals surface area (Å²) in [6.45, 7) is 3.72. The predicted molar refractivity (Wildman–Crippen MR) is 163 cm³/mol. The van der Waals surface area contributed by atoms with Crippen LogP contribution in [0, 0.1) is 6.92 Å². The van der Waals surface area contributed by atoms with Crippen LogP contribution < -0.4 is 15.9 Å². The van der Waals surface area contributed by atoms with Gasteiger partial charge in [-0.25, -0.2) is 9.97 Å². The maximum Gasteiger partial charge on any atom is 0.283 e. The van der Waals surface area contributed by atoms with Crippen LogP contribution in [-0.2, 0) is 13.1 Å². The second-order valence-corrected chi connectivity index (χ2v) is 11.2. The molecular formula is C31H30N6O3S. The third kappa shape index (κ3) is 5.31. The summed E-state index contributed by atoms with van der Waals surface area (Å²) in [6, 6.07) is 24.8. The molecule has 10 heteroatoms. The standard InChI is InChI=1S/C31H30N6O3S/c1-21-29-25(18-28(38)35(21)20-23-12-9-15-27(32-23)40-17-16-34(2)3)36(19-22-10-5-4-6-11-22)37(30(29)39)31-33-24-13-7-8-14-26(24)41-31/h4-15,18H,16-17,19-20H2,1-3H3. The molecule has 0 aliphatic carbocycles. The molecule has 0 unspecified atom stereocenters. The zero-order chi connectivity index (χ0) is 28.5. The lowest BCUT2D eigenvalue weighted by atomic mass is 10.2. The molecule has 4 aromatic heterocycles. The number of aryl methyl sites for hydroxylation is 1. The van der Waals surface area contributed by atoms with E-state index >= 15 is 0 Å². The first-order valence-corrected chi connectivity index (χ1v) is 14.2. The summed E-state index contributed by atoms with van der Waals surface area (Å²) >= 11 is 1.45. The summed E-state index contributed by atoms with van der Waals surface area (Å²) in [5, 5.41) is 1.05. The Kier molecular flexibility index (Phi) is 7.25. The van der Waals surface area contributed by atoms with Gasteiger partial charge in [-0.2, -0.15) is 4.68 Å². The number of ether oxygens (including phenoxy) is 1. The molecule has 6 rings (SSSR count). The Morgan fingerprint density at radius 1 is 0.902 bits per heavy atom. The predicted octanol–water partition coefficient (Wildman–Crippen LogP) is 4.30. The van der Waals surface area contributed by atoms with Crippen molar-refractivity contribution in [1.29, 1.82) is 0 Å². The van der Waals surface area contributed by atoms with Crippen molar-refractivity contribution in [3.8, 4) is 11.0 Å². The molecule has 0 amide bonds. The summed E-state index contributed by atoms with van der Waals surface area (Å²) in [5.74, 6) is 0.503. The van der Waals surface area contributed by atoms with E-state index in [9.17, 15) is 9.59 Å². The lowest BCUT2D eigenvalue weighted by Crippen LogP contribution is -2.24. The Labute approximate surface area is 240 Å². The van der Waals surface area contributed by atoms with Crippen molar-refractivity contribution in [2.75, 3.05) is 27.2 Å². The monoisotopic (exact) mass is 566 g/mol. The van der Waals surface area contributed by atoms with Crippen LogP contribution >= 0.6 is 11.3 Å². The van der Waals surface area contributed by atoms with Crippen molar-refractivity contribution in [3.63, 3.8) is 0 Å². The average molecular weight is 567 g/mol. The fraction of sp³-hybridized carbons (Fsp3) is 0.226. The maximum absolute atomic E-state index is 14.1. The van der Waals surface area contributed by atoms with E-state index in [4.69, 9.17) is 9.72 Å². The van der Waals surface area contributed by atoms with E-state index in [-0.39, 0.29) is 17.7 Å². The minimum absolute atomic E-state index is 0.209. The summed E-state index contributed by atoms with van der Waals surface area (Å²) in [4.78, 5) is 39.1. The van der Waals surface area contributed by atoms with E-state index in [1.807, 2.05) is 97.3 Å². The van der Waals surface area contributed by atoms with Gasteiger partial charge in [-0.3, -0.25) is 14.3 Å². The van der Waals surface area contributed by atoms with Crippen LogP contribution in [0.5, 0.6) is 5.88 Å². The minimum Gasteiger partial charge on any atom is -0.476 e. The fourth-order valence-electron chi connectivity index (χ4n) is 4.91. The Bertz CT molecular complexity index is 1940. The molecule has 0 radical (unpaired) electrons. The molecule has 4 heterocycles. The SMILES string of the molecule is Cc1c2c(=O)n(-c3nc4ccccc4s3)n(Cc3ccccc3)c2cc(=O)n1Cc1cccc(OCCN(C)C)n1. The highest BCUT2D eigenvalue weighted by molar-refractivity contribution is 7.20. The topological polar surface area (TPSA) is 87.2 Å². The first kappa shape index (κ1) is 26.7. The molecule has 0 aliphatic heterocycles. The number of fused-ring (bicyclic) bond motifs is 2. The van der Waals surface area contributed by atoms with E-state index < -0.39 is 0 Å². The second kappa shape index (κ2) is 11.1. The minimum atomic E-state index is -0.213. The van der Waals surface area contributed by atoms with Crippen LogP contribution in [0.4, 0.5) is 0 Å². The smallest absolute Gasteiger partial charge is 0.283 e. The van der Waals surface area contributed by atoms with Gasteiger partial charge >= 0.3 is 0 Å². The quantitative estimate of drug-likeness (QED) is 0.259. The van der Waals surface area contributed by atoms with Crippen LogP contribution in [-0.4, -0.2) is 56.0 Å². The van der Waals surface area contributed by atoms with E-state index in [0.29, 0.717) is 46.5 Å². The summed E-state index contributed by atoms with van der Waals surface area (Å²) in [5.41, 5.74) is 3.24. The number of nitrogens with zero attached hydrogens (tertiary/aromatic N) is 6. The number of hydrogen-bond acceptors (Lipinski definition) is 7. The highest BCUT2D eigenvalue weighted by Crippen LogP contribution is 2.26. The molecule has 0 N–H and O–H groups in total. The Morgan fingerprint density at radius 3 is 2.46 bits per heavy atom. The number of thiazole rings is 1. The molecule has 0 atom stereocenters. The molecule has 0 bridgehead atoms. The zero-order valence-electron chi connectivity index (χ0n) is 23.2. The summed E-state index contributed by atoms with van der Waals surface area (Å²) in [6.07, 6.45) is 0. The van der Waals surface area contributed by atoms with Gasteiger partial charge in [0.15, 0.2) is 0 Å². The average Bonchev–Trinajstić information content (AvgIpc) is 3.50. The molecule has 41 heavy (non-hydrogen) atoms. The molecule has 0 saturated heterocycles. The number of hydrogen-bond donors (Lipinski definition) is 0. The number of likely N-dealkylation sites (N-methyl/N-ethyl adjacent to an activating group) is 1. The number of rotatable bonds is 9. The van der Waals surface area contributed by atoms with Crippen LogP contribution in [0.1, 0.15) is 17.0 Å². The molecule has 6 aromatic rings. The van der Waals surface area contributed by atoms with Crippen molar-refractivity contribution in [2.45, 2.75) is 20.0 Å². The molecule has 9 nitrogen and oxygen atoms in total. The summed E-state index contributed by atoms with van der Waals surface area (Å²) < 4.78 is 11.9. The third-order valence-corrected chi connectivity index (χ3v) is 8.02. The van der Waals surface area contributed by atoms with E-state index in [0.717, 1.165) is 22.3 Å². The number of para-hydroxylation sites is 1. The van der Waals surface area contributed by atoms with Gasteiger partial charge in [-0.05, 0) is 44.8 Å². The number of pyridine rings is 2. The lowest BCUT2D eigenvalue weighted by Gasteiger charge is -2.13. The van der Waals surface area contributed by atoms with E-state index in [2.05, 4.69) is 4.98 Å². The van der Waals surface area contributed by atoms with Gasteiger partial charge in [-0.15, -0.1) is 0 Å². The van der Waals surface area contributed by atoms with E-state index in [1.54, 1.807) is 21.4 Å². The van der Waals surface area contributed by atoms with Gasteiger partial charge in [0.25, 0.3) is 11.1 Å². The first-order valence-electron chi connectivity index (χ1n) is 13.4. The first-order chi connectivity index (χ1) is 19.9. The molecule has 2 aromatic carbocycles. The van der Waals surface area contributed by atoms with Crippen molar-refractivity contribution < 1.29 is 4.74 Å². The Morgan fingerprint density at radius 2 is 1.68 bits per heavy atom. The zero-order valence-corrected chi connectivity index (χ0v) is 24.0. The van der Waals surface area contributed by atoms with Crippen molar-refractivity contribution in [2.24, 2.45) is 0 Å². The van der Waals surface area contributed by atoms with E-state index in [1.165, 1.54) is 11.3 Å². The lowest BCUT2D eigenvalue weighted by molar-refractivity contribution is 0.253. The van der Waals surface area contributed by atoms with Gasteiger partial charge in [0.05, 0.1) is 39.9 Å². The molecule has 0 saturated carbocycles. The van der Waals surface area contributed by atoms with Crippen LogP contribution in [0.2, 0.25) is 0 Å². The molecule has 0 aliphatic rings. The third-order valence-electron chi connectivity index (χ3n) is 7.00. The Hall–Kier alpha value is -4.54. The van der Waals surface area contributed by atoms with Crippen LogP contribution in [0.15, 0.2) is 88.5 Å². The largest absolute Gasteiger partial charge is 0.476 e. The van der Waals surface area contributed by atoms with Gasteiger partial charge in [0.1, 0.15) is 6.61 Å². The Balaban J connectivity index is 1.47. The highest BCUT2D eigenvalue weighted by Gasteiger charge is 2.22. The van der Waals surface area contributed by atoms with Gasteiger partial charge in [0, 0.05) is 24.4 Å². The number of aromatic nitrogens is 5.